The van der Waals surface area contributed by atoms with E-state index in [-0.39, 0.29) is 12.2 Å². The van der Waals surface area contributed by atoms with Crippen molar-refractivity contribution in [2.75, 3.05) is 24.6 Å². The minimum atomic E-state index is -0.472. The maximum atomic E-state index is 11.8. The van der Waals surface area contributed by atoms with Crippen LogP contribution in [0.15, 0.2) is 24.3 Å². The van der Waals surface area contributed by atoms with Gasteiger partial charge in [0.1, 0.15) is 6.42 Å². The molecule has 0 amide bonds. The van der Waals surface area contributed by atoms with Crippen LogP contribution in [-0.2, 0) is 9.53 Å². The topological polar surface area (TPSA) is 46.6 Å². The Morgan fingerprint density at radius 2 is 1.63 bits per heavy atom. The number of carbonyl (C=O) groups excluding carboxylic acids is 2. The third-order valence-corrected chi connectivity index (χ3v) is 2.93. The summed E-state index contributed by atoms with van der Waals surface area (Å²) in [6, 6.07) is 7.33. The minimum absolute atomic E-state index is 0.196. The number of ketones is 1. The molecule has 0 fully saturated rings. The molecule has 19 heavy (non-hydrogen) atoms. The quantitative estimate of drug-likeness (QED) is 0.431. The van der Waals surface area contributed by atoms with E-state index in [1.807, 2.05) is 12.1 Å². The smallest absolute Gasteiger partial charge is 0.313 e. The molecule has 0 saturated heterocycles. The number of hydrogen-bond donors (Lipinski definition) is 0. The second-order valence-electron chi connectivity index (χ2n) is 4.12. The van der Waals surface area contributed by atoms with Gasteiger partial charge in [-0.1, -0.05) is 0 Å². The molecule has 0 spiro atoms. The standard InChI is InChI=1S/C15H21NO3/c1-4-16(5-2)13-9-7-12(8-10-13)14(17)11-15(18)19-6-3/h7-10H,4-6,11H2,1-3H3. The molecule has 4 heteroatoms. The molecule has 1 rings (SSSR count). The Labute approximate surface area is 114 Å². The molecule has 0 aliphatic rings. The molecule has 0 radical (unpaired) electrons. The first-order chi connectivity index (χ1) is 9.12. The van der Waals surface area contributed by atoms with Crippen LogP contribution in [-0.4, -0.2) is 31.4 Å². The van der Waals surface area contributed by atoms with Crippen molar-refractivity contribution in [3.05, 3.63) is 29.8 Å². The van der Waals surface area contributed by atoms with Crippen molar-refractivity contribution in [1.82, 2.24) is 0 Å². The second kappa shape index (κ2) is 7.56. The Kier molecular flexibility index (Phi) is 6.06. The van der Waals surface area contributed by atoms with Crippen LogP contribution in [0.1, 0.15) is 37.6 Å². The van der Waals surface area contributed by atoms with Crippen LogP contribution < -0.4 is 4.90 Å². The van der Waals surface area contributed by atoms with E-state index in [1.54, 1.807) is 19.1 Å². The molecular formula is C15H21NO3. The molecule has 104 valence electrons. The Balaban J connectivity index is 2.70. The second-order valence-corrected chi connectivity index (χ2v) is 4.12. The van der Waals surface area contributed by atoms with Gasteiger partial charge in [0.2, 0.25) is 0 Å². The average Bonchev–Trinajstić information content (AvgIpc) is 2.41. The molecule has 1 aromatic rings. The van der Waals surface area contributed by atoms with Gasteiger partial charge < -0.3 is 9.64 Å². The zero-order valence-corrected chi connectivity index (χ0v) is 11.8. The first kappa shape index (κ1) is 15.2. The molecule has 0 N–H and O–H groups in total. The normalized spacial score (nSPS) is 10.1. The van der Waals surface area contributed by atoms with E-state index in [0.717, 1.165) is 18.8 Å². The molecule has 0 unspecified atom stereocenters. The van der Waals surface area contributed by atoms with Crippen LogP contribution in [0.5, 0.6) is 0 Å². The fourth-order valence-corrected chi connectivity index (χ4v) is 1.89. The molecule has 1 aromatic carbocycles. The Bertz CT molecular complexity index is 422. The Morgan fingerprint density at radius 3 is 2.11 bits per heavy atom. The lowest BCUT2D eigenvalue weighted by atomic mass is 10.1. The molecule has 0 aliphatic carbocycles. The number of anilines is 1. The summed E-state index contributed by atoms with van der Waals surface area (Å²) in [4.78, 5) is 25.3. The lowest BCUT2D eigenvalue weighted by Crippen LogP contribution is -2.21. The molecule has 0 aliphatic heterocycles. The van der Waals surface area contributed by atoms with E-state index in [9.17, 15) is 9.59 Å². The highest BCUT2D eigenvalue weighted by atomic mass is 16.5. The Morgan fingerprint density at radius 1 is 1.05 bits per heavy atom. The molecule has 0 aromatic heterocycles. The molecule has 0 heterocycles. The van der Waals surface area contributed by atoms with Gasteiger partial charge in [0.05, 0.1) is 6.61 Å². The van der Waals surface area contributed by atoms with Crippen LogP contribution in [0.3, 0.4) is 0 Å². The number of ether oxygens (including phenoxy) is 1. The molecule has 0 saturated carbocycles. The minimum Gasteiger partial charge on any atom is -0.466 e. The zero-order valence-electron chi connectivity index (χ0n) is 11.8. The highest BCUT2D eigenvalue weighted by Gasteiger charge is 2.12. The summed E-state index contributed by atoms with van der Waals surface area (Å²) in [7, 11) is 0. The van der Waals surface area contributed by atoms with E-state index < -0.39 is 5.97 Å². The van der Waals surface area contributed by atoms with Crippen LogP contribution in [0.2, 0.25) is 0 Å². The maximum Gasteiger partial charge on any atom is 0.313 e. The summed E-state index contributed by atoms with van der Waals surface area (Å²) in [6.07, 6.45) is -0.196. The van der Waals surface area contributed by atoms with Gasteiger partial charge in [0.15, 0.2) is 5.78 Å². The maximum absolute atomic E-state index is 11.8. The summed E-state index contributed by atoms with van der Waals surface area (Å²) in [5.41, 5.74) is 1.63. The van der Waals surface area contributed by atoms with Gasteiger partial charge in [-0.25, -0.2) is 0 Å². The van der Waals surface area contributed by atoms with Gasteiger partial charge in [-0.3, -0.25) is 9.59 Å². The first-order valence-corrected chi connectivity index (χ1v) is 6.66. The van der Waals surface area contributed by atoms with Crippen molar-refractivity contribution in [1.29, 1.82) is 0 Å². The molecule has 0 atom stereocenters. The lowest BCUT2D eigenvalue weighted by Gasteiger charge is -2.20. The first-order valence-electron chi connectivity index (χ1n) is 6.66. The van der Waals surface area contributed by atoms with E-state index in [1.165, 1.54) is 0 Å². The van der Waals surface area contributed by atoms with Crippen molar-refractivity contribution >= 4 is 17.4 Å². The van der Waals surface area contributed by atoms with Crippen molar-refractivity contribution < 1.29 is 14.3 Å². The number of carbonyl (C=O) groups is 2. The van der Waals surface area contributed by atoms with Crippen LogP contribution in [0.25, 0.3) is 0 Å². The number of hydrogen-bond acceptors (Lipinski definition) is 4. The number of rotatable bonds is 7. The fraction of sp³-hybridized carbons (Fsp3) is 0.467. The monoisotopic (exact) mass is 263 g/mol. The van der Waals surface area contributed by atoms with Gasteiger partial charge in [-0.15, -0.1) is 0 Å². The number of esters is 1. The highest BCUT2D eigenvalue weighted by Crippen LogP contribution is 2.16. The third kappa shape index (κ3) is 4.39. The van der Waals surface area contributed by atoms with Crippen molar-refractivity contribution in [2.24, 2.45) is 0 Å². The van der Waals surface area contributed by atoms with E-state index in [2.05, 4.69) is 18.7 Å². The average molecular weight is 263 g/mol. The van der Waals surface area contributed by atoms with Crippen molar-refractivity contribution in [3.63, 3.8) is 0 Å². The van der Waals surface area contributed by atoms with Crippen LogP contribution in [0.4, 0.5) is 5.69 Å². The fourth-order valence-electron chi connectivity index (χ4n) is 1.89. The summed E-state index contributed by atoms with van der Waals surface area (Å²) >= 11 is 0. The number of Topliss-reactive ketones (excluding diaryl/α,β-unsaturated/α-hetero) is 1. The SMILES string of the molecule is CCOC(=O)CC(=O)c1ccc(N(CC)CC)cc1. The zero-order chi connectivity index (χ0) is 14.3. The predicted molar refractivity (Wildman–Crippen MR) is 75.6 cm³/mol. The Hall–Kier alpha value is -1.84. The molecule has 0 bridgehead atoms. The van der Waals surface area contributed by atoms with Crippen molar-refractivity contribution in [2.45, 2.75) is 27.2 Å². The summed E-state index contributed by atoms with van der Waals surface area (Å²) in [6.45, 7) is 8.04. The summed E-state index contributed by atoms with van der Waals surface area (Å²) in [5.74, 6) is -0.676. The largest absolute Gasteiger partial charge is 0.466 e. The van der Waals surface area contributed by atoms with E-state index in [0.29, 0.717) is 12.2 Å². The molecular weight excluding hydrogens is 242 g/mol. The van der Waals surface area contributed by atoms with Gasteiger partial charge in [0, 0.05) is 24.3 Å². The van der Waals surface area contributed by atoms with Gasteiger partial charge in [0.25, 0.3) is 0 Å². The van der Waals surface area contributed by atoms with E-state index in [4.69, 9.17) is 4.74 Å². The van der Waals surface area contributed by atoms with E-state index >= 15 is 0 Å². The lowest BCUT2D eigenvalue weighted by molar-refractivity contribution is -0.141. The van der Waals surface area contributed by atoms with Gasteiger partial charge in [-0.2, -0.15) is 0 Å². The number of benzene rings is 1. The van der Waals surface area contributed by atoms with Gasteiger partial charge >= 0.3 is 5.97 Å². The van der Waals surface area contributed by atoms with Crippen LogP contribution >= 0.6 is 0 Å². The predicted octanol–water partition coefficient (Wildman–Crippen LogP) is 2.67. The van der Waals surface area contributed by atoms with Crippen LogP contribution in [0, 0.1) is 0 Å². The molecule has 4 nitrogen and oxygen atoms in total. The summed E-state index contributed by atoms with van der Waals surface area (Å²) in [5, 5.41) is 0. The number of nitrogens with zero attached hydrogens (tertiary/aromatic N) is 1. The highest BCUT2D eigenvalue weighted by molar-refractivity contribution is 6.06. The third-order valence-electron chi connectivity index (χ3n) is 2.93. The van der Waals surface area contributed by atoms with Gasteiger partial charge in [-0.05, 0) is 45.0 Å². The summed E-state index contributed by atoms with van der Waals surface area (Å²) < 4.78 is 4.76. The van der Waals surface area contributed by atoms with Crippen molar-refractivity contribution in [3.8, 4) is 0 Å².